The smallest absolute Gasteiger partial charge is 0.164 e. The van der Waals surface area contributed by atoms with Crippen molar-refractivity contribution in [2.45, 2.75) is 0 Å². The van der Waals surface area contributed by atoms with E-state index in [2.05, 4.69) is 84.9 Å². The molecule has 0 atom stereocenters. The van der Waals surface area contributed by atoms with E-state index in [1.165, 1.54) is 0 Å². The van der Waals surface area contributed by atoms with Crippen LogP contribution in [0, 0.1) is 0 Å². The topological polar surface area (TPSA) is 55.7 Å². The third-order valence-corrected chi connectivity index (χ3v) is 10.3. The predicted molar refractivity (Wildman–Crippen MR) is 201 cm³/mol. The second-order valence-corrected chi connectivity index (χ2v) is 15.6. The average molecular weight is 638 g/mol. The summed E-state index contributed by atoms with van der Waals surface area (Å²) in [6.07, 6.45) is 0. The van der Waals surface area contributed by atoms with E-state index in [1.54, 1.807) is 0 Å². The maximum atomic E-state index is 13.1. The molecule has 1 heterocycles. The zero-order valence-electron chi connectivity index (χ0n) is 26.7. The fraction of sp³-hybridized carbons (Fsp3) is 0.0465. The van der Waals surface area contributed by atoms with Gasteiger partial charge in [0.1, 0.15) is 7.14 Å². The van der Waals surface area contributed by atoms with Gasteiger partial charge in [0.2, 0.25) is 0 Å². The number of benzene rings is 7. The van der Waals surface area contributed by atoms with E-state index >= 15 is 0 Å². The van der Waals surface area contributed by atoms with E-state index in [9.17, 15) is 4.57 Å². The standard InChI is InChI=1S/C43H32N3OP/c1-48(2,47)34-22-14-20-32(28-34)40-37-25-11-9-23-35(37)39(36-24-10-12-26-38(36)40)31-19-13-21-33(27-31)43-45-41(29-15-5-3-6-16-29)44-42(46-43)30-17-7-4-8-18-30/h3-28H,1-2H3. The monoisotopic (exact) mass is 637 g/mol. The van der Waals surface area contributed by atoms with Gasteiger partial charge in [0.25, 0.3) is 0 Å². The molecular weight excluding hydrogens is 605 g/mol. The Morgan fingerprint density at radius 1 is 0.375 bits per heavy atom. The number of rotatable bonds is 6. The quantitative estimate of drug-likeness (QED) is 0.134. The Bertz CT molecular complexity index is 2390. The Morgan fingerprint density at radius 3 is 1.19 bits per heavy atom. The minimum absolute atomic E-state index is 0.621. The summed E-state index contributed by atoms with van der Waals surface area (Å²) in [7, 11) is -2.44. The van der Waals surface area contributed by atoms with Crippen LogP contribution in [0.2, 0.25) is 0 Å². The van der Waals surface area contributed by atoms with E-state index in [0.717, 1.165) is 65.8 Å². The van der Waals surface area contributed by atoms with Crippen LogP contribution in [0.5, 0.6) is 0 Å². The van der Waals surface area contributed by atoms with Crippen molar-refractivity contribution in [3.05, 3.63) is 158 Å². The number of hydrogen-bond donors (Lipinski definition) is 0. The molecule has 1 aromatic heterocycles. The summed E-state index contributed by atoms with van der Waals surface area (Å²) in [4.78, 5) is 14.9. The van der Waals surface area contributed by atoms with E-state index in [4.69, 9.17) is 15.0 Å². The molecule has 0 spiro atoms. The molecule has 230 valence electrons. The van der Waals surface area contributed by atoms with Crippen LogP contribution in [0.1, 0.15) is 0 Å². The molecule has 48 heavy (non-hydrogen) atoms. The van der Waals surface area contributed by atoms with Crippen LogP contribution in [-0.4, -0.2) is 28.3 Å². The van der Waals surface area contributed by atoms with E-state index in [0.29, 0.717) is 17.5 Å². The van der Waals surface area contributed by atoms with Crippen molar-refractivity contribution in [2.24, 2.45) is 0 Å². The fourth-order valence-corrected chi connectivity index (χ4v) is 7.39. The Hall–Kier alpha value is -5.70. The first-order valence-corrected chi connectivity index (χ1v) is 18.6. The van der Waals surface area contributed by atoms with Crippen molar-refractivity contribution in [3.8, 4) is 56.4 Å². The lowest BCUT2D eigenvalue weighted by Crippen LogP contribution is -2.02. The van der Waals surface area contributed by atoms with Crippen LogP contribution in [0.15, 0.2) is 158 Å². The van der Waals surface area contributed by atoms with Gasteiger partial charge < -0.3 is 4.57 Å². The van der Waals surface area contributed by atoms with Crippen LogP contribution >= 0.6 is 7.14 Å². The Labute approximate surface area is 280 Å². The normalized spacial score (nSPS) is 11.6. The van der Waals surface area contributed by atoms with Gasteiger partial charge in [0, 0.05) is 22.0 Å². The van der Waals surface area contributed by atoms with Crippen LogP contribution in [0.4, 0.5) is 0 Å². The van der Waals surface area contributed by atoms with Crippen molar-refractivity contribution in [3.63, 3.8) is 0 Å². The molecule has 8 rings (SSSR count). The lowest BCUT2D eigenvalue weighted by Gasteiger charge is -2.19. The molecule has 0 bridgehead atoms. The highest BCUT2D eigenvalue weighted by molar-refractivity contribution is 7.70. The second kappa shape index (κ2) is 12.2. The molecule has 0 aliphatic heterocycles. The van der Waals surface area contributed by atoms with Gasteiger partial charge in [-0.05, 0) is 69.3 Å². The predicted octanol–water partition coefficient (Wildman–Crippen LogP) is 10.8. The average Bonchev–Trinajstić information content (AvgIpc) is 3.14. The SMILES string of the molecule is CP(C)(=O)c1cccc(-c2c3ccccc3c(-c3cccc(-c4nc(-c5ccccc5)nc(-c5ccccc5)n4)c3)c3ccccc23)c1. The van der Waals surface area contributed by atoms with Crippen molar-refractivity contribution in [1.29, 1.82) is 0 Å². The molecule has 0 saturated heterocycles. The number of nitrogens with zero attached hydrogens (tertiary/aromatic N) is 3. The van der Waals surface area contributed by atoms with E-state index in [1.807, 2.05) is 86.1 Å². The summed E-state index contributed by atoms with van der Waals surface area (Å²) >= 11 is 0. The molecule has 7 aromatic carbocycles. The molecule has 4 nitrogen and oxygen atoms in total. The van der Waals surface area contributed by atoms with Crippen molar-refractivity contribution in [1.82, 2.24) is 15.0 Å². The zero-order valence-corrected chi connectivity index (χ0v) is 27.6. The fourth-order valence-electron chi connectivity index (χ4n) is 6.50. The first kappa shape index (κ1) is 29.7. The van der Waals surface area contributed by atoms with Gasteiger partial charge >= 0.3 is 0 Å². The molecule has 0 amide bonds. The molecule has 0 aliphatic rings. The highest BCUT2D eigenvalue weighted by atomic mass is 31.2. The third-order valence-electron chi connectivity index (χ3n) is 8.80. The highest BCUT2D eigenvalue weighted by Crippen LogP contribution is 2.45. The van der Waals surface area contributed by atoms with E-state index < -0.39 is 7.14 Å². The molecule has 0 N–H and O–H groups in total. The first-order chi connectivity index (χ1) is 23.4. The van der Waals surface area contributed by atoms with E-state index in [-0.39, 0.29) is 0 Å². The summed E-state index contributed by atoms with van der Waals surface area (Å²) in [5.74, 6) is 1.89. The molecule has 0 saturated carbocycles. The van der Waals surface area contributed by atoms with Crippen molar-refractivity contribution >= 4 is 34.0 Å². The van der Waals surface area contributed by atoms with Crippen molar-refractivity contribution < 1.29 is 4.57 Å². The number of aromatic nitrogens is 3. The maximum absolute atomic E-state index is 13.1. The maximum Gasteiger partial charge on any atom is 0.164 e. The Morgan fingerprint density at radius 2 is 0.729 bits per heavy atom. The lowest BCUT2D eigenvalue weighted by atomic mass is 9.85. The van der Waals surface area contributed by atoms with Gasteiger partial charge in [-0.25, -0.2) is 15.0 Å². The van der Waals surface area contributed by atoms with Gasteiger partial charge in [0.05, 0.1) is 0 Å². The summed E-state index contributed by atoms with van der Waals surface area (Å²) < 4.78 is 13.1. The van der Waals surface area contributed by atoms with Crippen LogP contribution in [0.25, 0.3) is 78.0 Å². The van der Waals surface area contributed by atoms with Gasteiger partial charge in [-0.15, -0.1) is 0 Å². The molecule has 5 heteroatoms. The second-order valence-electron chi connectivity index (χ2n) is 12.4. The summed E-state index contributed by atoms with van der Waals surface area (Å²) in [6.45, 7) is 3.66. The minimum atomic E-state index is -2.44. The van der Waals surface area contributed by atoms with Crippen molar-refractivity contribution in [2.75, 3.05) is 13.3 Å². The van der Waals surface area contributed by atoms with Gasteiger partial charge in [-0.1, -0.05) is 146 Å². The van der Waals surface area contributed by atoms with Gasteiger partial charge in [0.15, 0.2) is 17.5 Å². The zero-order chi connectivity index (χ0) is 32.7. The molecule has 0 radical (unpaired) electrons. The van der Waals surface area contributed by atoms with Gasteiger partial charge in [-0.3, -0.25) is 0 Å². The van der Waals surface area contributed by atoms with Crippen LogP contribution in [-0.2, 0) is 4.57 Å². The third kappa shape index (κ3) is 5.51. The summed E-state index contributed by atoms with van der Waals surface area (Å²) in [5.41, 5.74) is 7.23. The summed E-state index contributed by atoms with van der Waals surface area (Å²) in [6, 6.07) is 54.0. The van der Waals surface area contributed by atoms with Gasteiger partial charge in [-0.2, -0.15) is 0 Å². The molecular formula is C43H32N3OP. The van der Waals surface area contributed by atoms with Crippen LogP contribution < -0.4 is 5.30 Å². The minimum Gasteiger partial charge on any atom is -0.319 e. The number of hydrogen-bond acceptors (Lipinski definition) is 4. The molecule has 8 aromatic rings. The lowest BCUT2D eigenvalue weighted by molar-refractivity contribution is 0.588. The summed E-state index contributed by atoms with van der Waals surface area (Å²) in [5, 5.41) is 5.47. The molecule has 0 unspecified atom stereocenters. The van der Waals surface area contributed by atoms with Crippen LogP contribution in [0.3, 0.4) is 0 Å². The Kier molecular flexibility index (Phi) is 7.51. The largest absolute Gasteiger partial charge is 0.319 e. The molecule has 0 aliphatic carbocycles. The number of fused-ring (bicyclic) bond motifs is 2. The Balaban J connectivity index is 1.35. The first-order valence-electron chi connectivity index (χ1n) is 16.0. The highest BCUT2D eigenvalue weighted by Gasteiger charge is 2.19. The molecule has 0 fully saturated rings.